The van der Waals surface area contributed by atoms with Gasteiger partial charge in [0.25, 0.3) is 0 Å². The summed E-state index contributed by atoms with van der Waals surface area (Å²) >= 11 is 0. The Morgan fingerprint density at radius 2 is 1.67 bits per heavy atom. The summed E-state index contributed by atoms with van der Waals surface area (Å²) in [5.74, 6) is 0. The normalized spacial score (nSPS) is 21.9. The summed E-state index contributed by atoms with van der Waals surface area (Å²) in [5, 5.41) is 3.46. The van der Waals surface area contributed by atoms with Gasteiger partial charge in [-0.25, -0.2) is 0 Å². The average Bonchev–Trinajstić information content (AvgIpc) is 2.69. The fraction of sp³-hybridized carbons (Fsp3) is 0.647. The lowest BCUT2D eigenvalue weighted by molar-refractivity contribution is 0.00578. The summed E-state index contributed by atoms with van der Waals surface area (Å²) < 4.78 is 12.3. The zero-order valence-corrected chi connectivity index (χ0v) is 14.2. The molecule has 2 heterocycles. The molecular weight excluding hydrogens is 261 g/mol. The fourth-order valence-electron chi connectivity index (χ4n) is 2.73. The van der Waals surface area contributed by atoms with Gasteiger partial charge in [0.2, 0.25) is 0 Å². The minimum absolute atomic E-state index is 0.250. The van der Waals surface area contributed by atoms with Crippen LogP contribution in [0.25, 0.3) is 0 Å². The molecule has 21 heavy (non-hydrogen) atoms. The van der Waals surface area contributed by atoms with Crippen LogP contribution in [0.15, 0.2) is 18.2 Å². The van der Waals surface area contributed by atoms with Gasteiger partial charge in [-0.1, -0.05) is 26.0 Å². The molecule has 2 aliphatic rings. The molecule has 1 N–H and O–H groups in total. The highest BCUT2D eigenvalue weighted by molar-refractivity contribution is 6.62. The van der Waals surface area contributed by atoms with Crippen LogP contribution in [-0.2, 0) is 15.7 Å². The van der Waals surface area contributed by atoms with Gasteiger partial charge in [0, 0.05) is 12.2 Å². The van der Waals surface area contributed by atoms with Crippen LogP contribution in [0, 0.1) is 0 Å². The maximum atomic E-state index is 6.17. The van der Waals surface area contributed by atoms with Gasteiger partial charge in [0.05, 0.1) is 11.2 Å². The Bertz CT molecular complexity index is 484. The first-order valence-electron chi connectivity index (χ1n) is 8.12. The van der Waals surface area contributed by atoms with Gasteiger partial charge < -0.3 is 14.6 Å². The lowest BCUT2D eigenvalue weighted by atomic mass is 9.74. The number of rotatable bonds is 1. The van der Waals surface area contributed by atoms with E-state index in [1.165, 1.54) is 23.1 Å². The van der Waals surface area contributed by atoms with Crippen LogP contribution in [0.2, 0.25) is 0 Å². The molecule has 2 aliphatic heterocycles. The predicted octanol–water partition coefficient (Wildman–Crippen LogP) is 3.37. The van der Waals surface area contributed by atoms with Crippen LogP contribution in [-0.4, -0.2) is 24.9 Å². The van der Waals surface area contributed by atoms with Gasteiger partial charge in [0.1, 0.15) is 0 Å². The molecule has 1 aromatic carbocycles. The van der Waals surface area contributed by atoms with Crippen molar-refractivity contribution in [3.05, 3.63) is 23.8 Å². The molecule has 3 nitrogen and oxygen atoms in total. The second-order valence-electron chi connectivity index (χ2n) is 6.49. The van der Waals surface area contributed by atoms with Gasteiger partial charge in [-0.15, -0.1) is 0 Å². The molecule has 0 spiro atoms. The van der Waals surface area contributed by atoms with Crippen molar-refractivity contribution in [1.82, 2.24) is 0 Å². The summed E-state index contributed by atoms with van der Waals surface area (Å²) in [4.78, 5) is 0. The van der Waals surface area contributed by atoms with E-state index in [2.05, 4.69) is 51.2 Å². The van der Waals surface area contributed by atoms with Crippen molar-refractivity contribution in [2.45, 2.75) is 65.6 Å². The SMILES string of the molecule is CC.CC1(C)OB(c2cccc3c2CCCN3)OC1(C)C. The predicted molar refractivity (Wildman–Crippen MR) is 90.3 cm³/mol. The van der Waals surface area contributed by atoms with E-state index >= 15 is 0 Å². The highest BCUT2D eigenvalue weighted by Gasteiger charge is 2.52. The second-order valence-corrected chi connectivity index (χ2v) is 6.49. The maximum Gasteiger partial charge on any atom is 0.495 e. The topological polar surface area (TPSA) is 30.5 Å². The highest BCUT2D eigenvalue weighted by Crippen LogP contribution is 2.37. The molecule has 0 radical (unpaired) electrons. The molecular formula is C17H28BNO2. The van der Waals surface area contributed by atoms with Crippen LogP contribution in [0.4, 0.5) is 5.69 Å². The van der Waals surface area contributed by atoms with Crippen LogP contribution in [0.5, 0.6) is 0 Å². The first-order chi connectivity index (χ1) is 9.91. The highest BCUT2D eigenvalue weighted by atomic mass is 16.7. The number of benzene rings is 1. The molecule has 1 saturated heterocycles. The van der Waals surface area contributed by atoms with Crippen LogP contribution in [0.3, 0.4) is 0 Å². The third-order valence-corrected chi connectivity index (χ3v) is 4.64. The molecule has 4 heteroatoms. The molecule has 0 amide bonds. The third kappa shape index (κ3) is 2.97. The zero-order valence-electron chi connectivity index (χ0n) is 14.2. The van der Waals surface area contributed by atoms with Crippen molar-refractivity contribution in [2.75, 3.05) is 11.9 Å². The largest absolute Gasteiger partial charge is 0.495 e. The van der Waals surface area contributed by atoms with Gasteiger partial charge >= 0.3 is 7.12 Å². The van der Waals surface area contributed by atoms with Crippen molar-refractivity contribution in [2.24, 2.45) is 0 Å². The van der Waals surface area contributed by atoms with E-state index in [4.69, 9.17) is 9.31 Å². The van der Waals surface area contributed by atoms with E-state index < -0.39 is 0 Å². The average molecular weight is 289 g/mol. The fourth-order valence-corrected chi connectivity index (χ4v) is 2.73. The van der Waals surface area contributed by atoms with Gasteiger partial charge in [-0.05, 0) is 57.6 Å². The van der Waals surface area contributed by atoms with Crippen molar-refractivity contribution in [3.63, 3.8) is 0 Å². The quantitative estimate of drug-likeness (QED) is 0.804. The molecule has 116 valence electrons. The molecule has 0 aliphatic carbocycles. The Kier molecular flexibility index (Phi) is 4.69. The lowest BCUT2D eigenvalue weighted by Gasteiger charge is -2.32. The minimum atomic E-state index is -0.275. The summed E-state index contributed by atoms with van der Waals surface area (Å²) in [6.07, 6.45) is 2.27. The molecule has 0 bridgehead atoms. The molecule has 0 saturated carbocycles. The number of anilines is 1. The van der Waals surface area contributed by atoms with Crippen molar-refractivity contribution in [1.29, 1.82) is 0 Å². The zero-order chi connectivity index (χ0) is 15.7. The summed E-state index contributed by atoms with van der Waals surface area (Å²) in [5.41, 5.74) is 3.22. The number of fused-ring (bicyclic) bond motifs is 1. The van der Waals surface area contributed by atoms with E-state index in [0.29, 0.717) is 0 Å². The Hall–Kier alpha value is -0.995. The Morgan fingerprint density at radius 1 is 1.05 bits per heavy atom. The van der Waals surface area contributed by atoms with E-state index in [0.717, 1.165) is 13.0 Å². The minimum Gasteiger partial charge on any atom is -0.399 e. The van der Waals surface area contributed by atoms with Crippen molar-refractivity contribution in [3.8, 4) is 0 Å². The Balaban J connectivity index is 0.000000774. The van der Waals surface area contributed by atoms with E-state index in [1.54, 1.807) is 0 Å². The van der Waals surface area contributed by atoms with Crippen LogP contribution >= 0.6 is 0 Å². The Labute approximate surface area is 129 Å². The summed E-state index contributed by atoms with van der Waals surface area (Å²) in [7, 11) is -0.250. The Morgan fingerprint density at radius 3 is 2.29 bits per heavy atom. The monoisotopic (exact) mass is 289 g/mol. The second kappa shape index (κ2) is 6.01. The first-order valence-corrected chi connectivity index (χ1v) is 8.12. The van der Waals surface area contributed by atoms with Crippen molar-refractivity contribution < 1.29 is 9.31 Å². The van der Waals surface area contributed by atoms with E-state index in [9.17, 15) is 0 Å². The summed E-state index contributed by atoms with van der Waals surface area (Å²) in [6, 6.07) is 6.36. The molecule has 0 aromatic heterocycles. The number of nitrogens with one attached hydrogen (secondary N) is 1. The van der Waals surface area contributed by atoms with Gasteiger partial charge in [-0.2, -0.15) is 0 Å². The van der Waals surface area contributed by atoms with Gasteiger partial charge in [0.15, 0.2) is 0 Å². The smallest absolute Gasteiger partial charge is 0.399 e. The van der Waals surface area contributed by atoms with Crippen molar-refractivity contribution >= 4 is 18.3 Å². The molecule has 0 atom stereocenters. The van der Waals surface area contributed by atoms with Crippen LogP contribution in [0.1, 0.15) is 53.5 Å². The van der Waals surface area contributed by atoms with Crippen LogP contribution < -0.4 is 10.8 Å². The molecule has 3 rings (SSSR count). The summed E-state index contributed by atoms with van der Waals surface area (Å²) in [6.45, 7) is 13.4. The molecule has 1 aromatic rings. The van der Waals surface area contributed by atoms with E-state index in [1.807, 2.05) is 13.8 Å². The van der Waals surface area contributed by atoms with Gasteiger partial charge in [-0.3, -0.25) is 0 Å². The number of hydrogen-bond donors (Lipinski definition) is 1. The standard InChI is InChI=1S/C15H22BNO2.C2H6/c1-14(2)15(3,4)19-16(18-14)12-8-5-9-13-11(12)7-6-10-17-13;1-2/h5,8-9,17H,6-7,10H2,1-4H3;1-2H3. The molecule has 0 unspecified atom stereocenters. The molecule has 1 fully saturated rings. The maximum absolute atomic E-state index is 6.17. The first kappa shape index (κ1) is 16.4. The third-order valence-electron chi connectivity index (χ3n) is 4.64. The number of hydrogen-bond acceptors (Lipinski definition) is 3. The lowest BCUT2D eigenvalue weighted by Crippen LogP contribution is -2.41. The van der Waals surface area contributed by atoms with E-state index in [-0.39, 0.29) is 18.3 Å².